The van der Waals surface area contributed by atoms with Crippen LogP contribution in [0.5, 0.6) is 0 Å². The molecule has 1 aromatic heterocycles. The van der Waals surface area contributed by atoms with Gasteiger partial charge in [0.2, 0.25) is 0 Å². The van der Waals surface area contributed by atoms with Crippen molar-refractivity contribution in [3.63, 3.8) is 0 Å². The molecule has 0 aliphatic carbocycles. The lowest BCUT2D eigenvalue weighted by molar-refractivity contribution is -0.137. The van der Waals surface area contributed by atoms with E-state index in [0.717, 1.165) is 0 Å². The first kappa shape index (κ1) is 24.0. The third-order valence-corrected chi connectivity index (χ3v) is 7.06. The van der Waals surface area contributed by atoms with Gasteiger partial charge >= 0.3 is 5.97 Å². The van der Waals surface area contributed by atoms with Crippen molar-refractivity contribution < 1.29 is 27.9 Å². The molecule has 0 saturated carbocycles. The van der Waals surface area contributed by atoms with Crippen LogP contribution in [0.2, 0.25) is 0 Å². The molecule has 0 bridgehead atoms. The highest BCUT2D eigenvalue weighted by molar-refractivity contribution is 7.92. The Kier molecular flexibility index (Phi) is 6.31. The number of sulfonamides is 1. The van der Waals surface area contributed by atoms with Crippen molar-refractivity contribution in [3.8, 4) is 0 Å². The second-order valence-electron chi connectivity index (χ2n) is 8.16. The number of carboxylic acid groups (broad SMARTS) is 1. The summed E-state index contributed by atoms with van der Waals surface area (Å²) in [7, 11) is -3.83. The summed E-state index contributed by atoms with van der Waals surface area (Å²) in [4.78, 5) is 39.3. The van der Waals surface area contributed by atoms with E-state index >= 15 is 0 Å². The summed E-state index contributed by atoms with van der Waals surface area (Å²) >= 11 is 0. The summed E-state index contributed by atoms with van der Waals surface area (Å²) in [6, 6.07) is 12.6. The van der Waals surface area contributed by atoms with Crippen molar-refractivity contribution in [3.05, 3.63) is 76.6 Å². The minimum absolute atomic E-state index is 0.104. The molecule has 2 heterocycles. The first-order valence-corrected chi connectivity index (χ1v) is 12.2. The first-order valence-electron chi connectivity index (χ1n) is 10.8. The maximum Gasteiger partial charge on any atom is 0.303 e. The maximum absolute atomic E-state index is 12.8. The van der Waals surface area contributed by atoms with Gasteiger partial charge in [-0.15, -0.1) is 0 Å². The quantitative estimate of drug-likeness (QED) is 0.277. The first-order chi connectivity index (χ1) is 16.6. The molecule has 3 aromatic rings. The molecule has 10 heteroatoms. The molecule has 0 radical (unpaired) electrons. The van der Waals surface area contributed by atoms with Crippen LogP contribution in [0.3, 0.4) is 0 Å². The van der Waals surface area contributed by atoms with E-state index in [4.69, 9.17) is 5.11 Å². The number of carboxylic acids is 1. The molecule has 1 aliphatic heterocycles. The van der Waals surface area contributed by atoms with Crippen molar-refractivity contribution in [2.45, 2.75) is 31.6 Å². The number of carbonyl (C=O) groups excluding carboxylic acids is 2. The molecule has 0 unspecified atom stereocenters. The van der Waals surface area contributed by atoms with Crippen LogP contribution >= 0.6 is 0 Å². The number of aliphatic carboxylic acids is 1. The van der Waals surface area contributed by atoms with E-state index in [1.165, 1.54) is 19.1 Å². The van der Waals surface area contributed by atoms with E-state index in [1.54, 1.807) is 49.4 Å². The van der Waals surface area contributed by atoms with Crippen LogP contribution in [0.1, 0.15) is 46.2 Å². The normalized spacial score (nSPS) is 14.0. The number of rotatable bonds is 8. The van der Waals surface area contributed by atoms with Crippen molar-refractivity contribution in [2.75, 3.05) is 10.0 Å². The van der Waals surface area contributed by atoms with Crippen LogP contribution in [0.15, 0.2) is 53.4 Å². The Bertz CT molecular complexity index is 1490. The lowest BCUT2D eigenvalue weighted by atomic mass is 9.98. The number of anilines is 2. The molecular formula is C25H23N3O6S. The fourth-order valence-corrected chi connectivity index (χ4v) is 5.22. The molecule has 0 spiro atoms. The number of aryl methyl sites for hydroxylation is 1. The largest absolute Gasteiger partial charge is 0.481 e. The zero-order chi connectivity index (χ0) is 25.3. The van der Waals surface area contributed by atoms with Crippen molar-refractivity contribution >= 4 is 50.7 Å². The van der Waals surface area contributed by atoms with Gasteiger partial charge in [-0.3, -0.25) is 19.1 Å². The van der Waals surface area contributed by atoms with Gasteiger partial charge in [0.15, 0.2) is 5.78 Å². The fraction of sp³-hybridized carbons (Fsp3) is 0.160. The lowest BCUT2D eigenvalue weighted by Crippen LogP contribution is -2.12. The number of fused-ring (bicyclic) bond motifs is 1. The van der Waals surface area contributed by atoms with Gasteiger partial charge in [0.05, 0.1) is 10.5 Å². The van der Waals surface area contributed by atoms with Crippen molar-refractivity contribution in [1.82, 2.24) is 4.98 Å². The minimum atomic E-state index is -3.83. The van der Waals surface area contributed by atoms with E-state index in [0.29, 0.717) is 33.8 Å². The predicted octanol–water partition coefficient (Wildman–Crippen LogP) is 3.84. The standard InChI is InChI=1S/C25H23N3O6S/c1-14-24(15(2)29)18(9-11-23(30)31)22(26-14)13-20-19-12-16(8-10-21(19)27-25(20)32)28-35(33,34)17-6-4-3-5-7-17/h3-8,10,12-13,26,28H,9,11H2,1-2H3,(H,27,32)(H,30,31)/b20-13-. The number of benzene rings is 2. The number of aromatic amines is 1. The summed E-state index contributed by atoms with van der Waals surface area (Å²) in [5.74, 6) is -1.61. The minimum Gasteiger partial charge on any atom is -0.481 e. The third-order valence-electron chi connectivity index (χ3n) is 5.66. The topological polar surface area (TPSA) is 145 Å². The van der Waals surface area contributed by atoms with E-state index in [-0.39, 0.29) is 34.8 Å². The maximum atomic E-state index is 12.8. The van der Waals surface area contributed by atoms with E-state index in [2.05, 4.69) is 15.0 Å². The molecule has 0 atom stereocenters. The highest BCUT2D eigenvalue weighted by atomic mass is 32.2. The second-order valence-corrected chi connectivity index (χ2v) is 9.84. The molecule has 180 valence electrons. The number of H-pyrrole nitrogens is 1. The number of Topliss-reactive ketones (excluding diaryl/α,β-unsaturated/α-hetero) is 1. The number of nitrogens with one attached hydrogen (secondary N) is 3. The van der Waals surface area contributed by atoms with Crippen LogP contribution in [-0.2, 0) is 26.0 Å². The number of amides is 1. The average Bonchev–Trinajstić information content (AvgIpc) is 3.28. The number of carbonyl (C=O) groups is 3. The number of aromatic nitrogens is 1. The van der Waals surface area contributed by atoms with Gasteiger partial charge in [-0.25, -0.2) is 8.42 Å². The molecule has 9 nitrogen and oxygen atoms in total. The molecule has 35 heavy (non-hydrogen) atoms. The molecule has 0 saturated heterocycles. The summed E-state index contributed by atoms with van der Waals surface area (Å²) in [6.07, 6.45) is 1.49. The highest BCUT2D eigenvalue weighted by Gasteiger charge is 2.27. The zero-order valence-corrected chi connectivity index (χ0v) is 19.8. The second kappa shape index (κ2) is 9.22. The molecule has 0 fully saturated rings. The third kappa shape index (κ3) is 4.87. The van der Waals surface area contributed by atoms with Crippen molar-refractivity contribution in [2.24, 2.45) is 0 Å². The van der Waals surface area contributed by atoms with E-state index in [9.17, 15) is 22.8 Å². The Balaban J connectivity index is 1.75. The summed E-state index contributed by atoms with van der Waals surface area (Å²) in [6.45, 7) is 3.11. The molecule has 1 aliphatic rings. The zero-order valence-electron chi connectivity index (χ0n) is 19.0. The summed E-state index contributed by atoms with van der Waals surface area (Å²) in [5, 5.41) is 11.9. The Hall–Kier alpha value is -4.18. The van der Waals surface area contributed by atoms with Gasteiger partial charge < -0.3 is 15.4 Å². The lowest BCUT2D eigenvalue weighted by Gasteiger charge is -2.09. The predicted molar refractivity (Wildman–Crippen MR) is 132 cm³/mol. The van der Waals surface area contributed by atoms with Crippen LogP contribution < -0.4 is 10.0 Å². The monoisotopic (exact) mass is 493 g/mol. The SMILES string of the molecule is CC(=O)c1c(C)[nH]c(/C=C2\C(=O)Nc3ccc(NS(=O)(=O)c4ccccc4)cc32)c1CCC(=O)O. The van der Waals surface area contributed by atoms with Crippen LogP contribution in [0, 0.1) is 6.92 Å². The molecule has 2 aromatic carbocycles. The van der Waals surface area contributed by atoms with Gasteiger partial charge in [0.25, 0.3) is 15.9 Å². The number of ketones is 1. The number of hydrogen-bond acceptors (Lipinski definition) is 5. The van der Waals surface area contributed by atoms with Gasteiger partial charge in [-0.1, -0.05) is 18.2 Å². The van der Waals surface area contributed by atoms with Crippen molar-refractivity contribution in [1.29, 1.82) is 0 Å². The van der Waals surface area contributed by atoms with Crippen LogP contribution in [-0.4, -0.2) is 36.2 Å². The Morgan fingerprint density at radius 3 is 2.49 bits per heavy atom. The van der Waals surface area contributed by atoms with Crippen LogP contribution in [0.4, 0.5) is 11.4 Å². The molecule has 1 amide bonds. The van der Waals surface area contributed by atoms with Crippen LogP contribution in [0.25, 0.3) is 11.6 Å². The fourth-order valence-electron chi connectivity index (χ4n) is 4.15. The average molecular weight is 494 g/mol. The van der Waals surface area contributed by atoms with Gasteiger partial charge in [-0.2, -0.15) is 0 Å². The molecule has 4 rings (SSSR count). The van der Waals surface area contributed by atoms with Gasteiger partial charge in [0, 0.05) is 40.3 Å². The van der Waals surface area contributed by atoms with E-state index in [1.807, 2.05) is 0 Å². The molecule has 4 N–H and O–H groups in total. The summed E-state index contributed by atoms with van der Waals surface area (Å²) < 4.78 is 28.0. The Morgan fingerprint density at radius 2 is 1.83 bits per heavy atom. The Labute approximate surface area is 201 Å². The van der Waals surface area contributed by atoms with Gasteiger partial charge in [-0.05, 0) is 62.2 Å². The highest BCUT2D eigenvalue weighted by Crippen LogP contribution is 2.36. The Morgan fingerprint density at radius 1 is 1.11 bits per heavy atom. The van der Waals surface area contributed by atoms with E-state index < -0.39 is 21.9 Å². The number of hydrogen-bond donors (Lipinski definition) is 4. The summed E-state index contributed by atoms with van der Waals surface area (Å²) in [5.41, 5.74) is 3.47. The van der Waals surface area contributed by atoms with Gasteiger partial charge in [0.1, 0.15) is 0 Å². The molecular weight excluding hydrogens is 470 g/mol. The smallest absolute Gasteiger partial charge is 0.303 e.